The first-order chi connectivity index (χ1) is 12.7. The zero-order valence-corrected chi connectivity index (χ0v) is 15.5. The van der Waals surface area contributed by atoms with E-state index in [2.05, 4.69) is 16.7 Å². The molecule has 0 unspecified atom stereocenters. The number of anilines is 1. The van der Waals surface area contributed by atoms with Gasteiger partial charge in [-0.1, -0.05) is 0 Å². The summed E-state index contributed by atoms with van der Waals surface area (Å²) >= 11 is 1.63. The first-order valence-electron chi connectivity index (χ1n) is 9.58. The zero-order valence-electron chi connectivity index (χ0n) is 14.7. The van der Waals surface area contributed by atoms with Crippen LogP contribution in [0, 0.1) is 0 Å². The molecular weight excluding hydrogens is 346 g/mol. The Balaban J connectivity index is 1.36. The molecule has 1 aromatic carbocycles. The quantitative estimate of drug-likeness (QED) is 0.874. The minimum Gasteiger partial charge on any atom is -0.348 e. The smallest absolute Gasteiger partial charge is 0.251 e. The normalized spacial score (nSPS) is 28.1. The van der Waals surface area contributed by atoms with E-state index in [9.17, 15) is 9.59 Å². The highest BCUT2D eigenvalue weighted by molar-refractivity contribution is 7.23. The van der Waals surface area contributed by atoms with Gasteiger partial charge in [0, 0.05) is 41.4 Å². The summed E-state index contributed by atoms with van der Waals surface area (Å²) in [5.74, 6) is 0.220. The summed E-state index contributed by atoms with van der Waals surface area (Å²) in [5.41, 5.74) is 0.703. The third kappa shape index (κ3) is 2.81. The van der Waals surface area contributed by atoms with Gasteiger partial charge < -0.3 is 15.5 Å². The Kier molecular flexibility index (Phi) is 3.98. The molecule has 3 aliphatic heterocycles. The molecule has 0 spiro atoms. The highest BCUT2D eigenvalue weighted by Gasteiger charge is 2.39. The number of hydrogen-bond donors (Lipinski definition) is 2. The van der Waals surface area contributed by atoms with Gasteiger partial charge in [-0.3, -0.25) is 9.59 Å². The molecule has 3 saturated heterocycles. The highest BCUT2D eigenvalue weighted by atomic mass is 32.1. The summed E-state index contributed by atoms with van der Waals surface area (Å²) in [6.07, 6.45) is 6.12. The molecule has 0 aliphatic carbocycles. The molecule has 2 bridgehead atoms. The van der Waals surface area contributed by atoms with Crippen LogP contribution in [0.4, 0.5) is 5.00 Å². The Hall–Kier alpha value is -1.92. The van der Waals surface area contributed by atoms with Crippen molar-refractivity contribution in [1.29, 1.82) is 0 Å². The van der Waals surface area contributed by atoms with Crippen LogP contribution in [0.15, 0.2) is 24.3 Å². The van der Waals surface area contributed by atoms with E-state index in [0.717, 1.165) is 47.3 Å². The monoisotopic (exact) mass is 369 g/mol. The second kappa shape index (κ2) is 6.35. The van der Waals surface area contributed by atoms with Crippen LogP contribution >= 0.6 is 11.3 Å². The van der Waals surface area contributed by atoms with Gasteiger partial charge in [0.1, 0.15) is 0 Å². The minimum atomic E-state index is 0.00745. The molecule has 136 valence electrons. The van der Waals surface area contributed by atoms with Crippen LogP contribution < -0.4 is 15.5 Å². The lowest BCUT2D eigenvalue weighted by Gasteiger charge is -2.24. The molecule has 3 atom stereocenters. The number of nitrogens with zero attached hydrogens (tertiary/aromatic N) is 1. The average molecular weight is 369 g/mol. The van der Waals surface area contributed by atoms with E-state index in [1.165, 1.54) is 6.42 Å². The lowest BCUT2D eigenvalue weighted by atomic mass is 9.95. The van der Waals surface area contributed by atoms with Crippen molar-refractivity contribution in [2.45, 2.75) is 56.7 Å². The van der Waals surface area contributed by atoms with Gasteiger partial charge in [-0.05, 0) is 61.8 Å². The minimum absolute atomic E-state index is 0.00745. The summed E-state index contributed by atoms with van der Waals surface area (Å²) in [7, 11) is 0. The van der Waals surface area contributed by atoms with Gasteiger partial charge >= 0.3 is 0 Å². The maximum Gasteiger partial charge on any atom is 0.251 e. The molecule has 0 saturated carbocycles. The highest BCUT2D eigenvalue weighted by Crippen LogP contribution is 2.35. The number of thiophene rings is 1. The van der Waals surface area contributed by atoms with E-state index < -0.39 is 0 Å². The van der Waals surface area contributed by atoms with Crippen molar-refractivity contribution < 1.29 is 9.59 Å². The van der Waals surface area contributed by atoms with Gasteiger partial charge in [0.25, 0.3) is 5.91 Å². The van der Waals surface area contributed by atoms with Gasteiger partial charge in [0.05, 0.1) is 5.00 Å². The number of carbonyl (C=O) groups excluding carboxylic acids is 2. The fourth-order valence-corrected chi connectivity index (χ4v) is 5.66. The molecule has 5 nitrogen and oxygen atoms in total. The van der Waals surface area contributed by atoms with Gasteiger partial charge in [-0.2, -0.15) is 0 Å². The molecule has 26 heavy (non-hydrogen) atoms. The van der Waals surface area contributed by atoms with Crippen LogP contribution in [0.2, 0.25) is 0 Å². The Labute approximate surface area is 156 Å². The maximum absolute atomic E-state index is 12.7. The van der Waals surface area contributed by atoms with E-state index in [1.54, 1.807) is 11.3 Å². The molecule has 6 heteroatoms. The summed E-state index contributed by atoms with van der Waals surface area (Å²) in [5, 5.41) is 8.81. The third-order valence-electron chi connectivity index (χ3n) is 5.97. The molecule has 0 radical (unpaired) electrons. The Morgan fingerprint density at radius 3 is 2.92 bits per heavy atom. The van der Waals surface area contributed by atoms with E-state index in [1.807, 2.05) is 23.1 Å². The molecule has 2 aromatic rings. The molecule has 3 fully saturated rings. The molecule has 3 aliphatic rings. The van der Waals surface area contributed by atoms with E-state index in [4.69, 9.17) is 0 Å². The average Bonchev–Trinajstić information content (AvgIpc) is 3.36. The van der Waals surface area contributed by atoms with Crippen molar-refractivity contribution in [3.8, 4) is 0 Å². The first kappa shape index (κ1) is 16.3. The van der Waals surface area contributed by atoms with Gasteiger partial charge in [-0.25, -0.2) is 0 Å². The predicted octanol–water partition coefficient (Wildman–Crippen LogP) is 3.04. The van der Waals surface area contributed by atoms with E-state index >= 15 is 0 Å². The van der Waals surface area contributed by atoms with Crippen LogP contribution in [0.1, 0.15) is 48.9 Å². The number of nitrogens with one attached hydrogen (secondary N) is 2. The van der Waals surface area contributed by atoms with Crippen LogP contribution in [0.5, 0.6) is 0 Å². The summed E-state index contributed by atoms with van der Waals surface area (Å²) in [4.78, 5) is 26.7. The molecule has 4 heterocycles. The molecule has 2 amide bonds. The lowest BCUT2D eigenvalue weighted by molar-refractivity contribution is -0.119. The Morgan fingerprint density at radius 2 is 2.15 bits per heavy atom. The second-order valence-electron chi connectivity index (χ2n) is 7.70. The Morgan fingerprint density at radius 1 is 1.23 bits per heavy atom. The number of hydrogen-bond acceptors (Lipinski definition) is 4. The zero-order chi connectivity index (χ0) is 17.7. The van der Waals surface area contributed by atoms with Crippen molar-refractivity contribution in [3.05, 3.63) is 29.8 Å². The number of fused-ring (bicyclic) bond motifs is 3. The van der Waals surface area contributed by atoms with E-state index in [0.29, 0.717) is 24.1 Å². The number of carbonyl (C=O) groups is 2. The molecule has 5 rings (SSSR count). The van der Waals surface area contributed by atoms with Gasteiger partial charge in [0.2, 0.25) is 5.91 Å². The van der Waals surface area contributed by atoms with Crippen LogP contribution in [-0.2, 0) is 4.79 Å². The lowest BCUT2D eigenvalue weighted by Crippen LogP contribution is -2.42. The number of rotatable bonds is 3. The largest absolute Gasteiger partial charge is 0.348 e. The summed E-state index contributed by atoms with van der Waals surface area (Å²) < 4.78 is 1.12. The van der Waals surface area contributed by atoms with Crippen molar-refractivity contribution >= 4 is 38.2 Å². The molecule has 2 N–H and O–H groups in total. The van der Waals surface area contributed by atoms with Crippen molar-refractivity contribution in [2.24, 2.45) is 0 Å². The van der Waals surface area contributed by atoms with Gasteiger partial charge in [-0.15, -0.1) is 11.3 Å². The first-order valence-corrected chi connectivity index (χ1v) is 10.4. The number of amides is 2. The van der Waals surface area contributed by atoms with Crippen molar-refractivity contribution in [2.75, 3.05) is 11.4 Å². The topological polar surface area (TPSA) is 61.4 Å². The standard InChI is InChI=1S/C20H23N3O2S/c24-18-3-1-2-8-23(18)19-10-13-9-12(4-7-17(13)26-19)20(25)22-16-11-14-5-6-15(16)21-14/h4,7,9-10,14-16,21H,1-3,5-6,8,11H2,(H,22,25)/t14-,15+,16-/m1/s1. The Bertz CT molecular complexity index is 877. The maximum atomic E-state index is 12.7. The second-order valence-corrected chi connectivity index (χ2v) is 8.77. The summed E-state index contributed by atoms with van der Waals surface area (Å²) in [6, 6.07) is 9.18. The van der Waals surface area contributed by atoms with Crippen molar-refractivity contribution in [3.63, 3.8) is 0 Å². The van der Waals surface area contributed by atoms with Crippen molar-refractivity contribution in [1.82, 2.24) is 10.6 Å². The SMILES string of the molecule is O=C(N[C@@H]1C[C@H]2CC[C@@H]1N2)c1ccc2sc(N3CCCCC3=O)cc2c1. The van der Waals surface area contributed by atoms with Gasteiger partial charge in [0.15, 0.2) is 0 Å². The molecule has 1 aromatic heterocycles. The number of benzene rings is 1. The molecular formula is C20H23N3O2S. The van der Waals surface area contributed by atoms with Crippen LogP contribution in [0.25, 0.3) is 10.1 Å². The van der Waals surface area contributed by atoms with E-state index in [-0.39, 0.29) is 17.9 Å². The third-order valence-corrected chi connectivity index (χ3v) is 7.11. The summed E-state index contributed by atoms with van der Waals surface area (Å²) in [6.45, 7) is 0.802. The fourth-order valence-electron chi connectivity index (χ4n) is 4.58. The predicted molar refractivity (Wildman–Crippen MR) is 104 cm³/mol. The number of piperidine rings is 1. The van der Waals surface area contributed by atoms with Crippen LogP contribution in [-0.4, -0.2) is 36.5 Å². The van der Waals surface area contributed by atoms with Crippen LogP contribution in [0.3, 0.4) is 0 Å². The fraction of sp³-hybridized carbons (Fsp3) is 0.500.